The van der Waals surface area contributed by atoms with Gasteiger partial charge in [-0.2, -0.15) is 0 Å². The van der Waals surface area contributed by atoms with Crippen molar-refractivity contribution >= 4 is 17.3 Å². The SMILES string of the molecule is C[C@H]1CC[C@H](COC(=O)c2cscn2)O1. The molecule has 0 aliphatic carbocycles. The smallest absolute Gasteiger partial charge is 0.357 e. The van der Waals surface area contributed by atoms with E-state index in [1.807, 2.05) is 6.92 Å². The van der Waals surface area contributed by atoms with E-state index in [0.717, 1.165) is 12.8 Å². The van der Waals surface area contributed by atoms with Gasteiger partial charge in [0, 0.05) is 5.38 Å². The van der Waals surface area contributed by atoms with E-state index >= 15 is 0 Å². The van der Waals surface area contributed by atoms with Gasteiger partial charge in [0.25, 0.3) is 0 Å². The van der Waals surface area contributed by atoms with Crippen LogP contribution >= 0.6 is 11.3 Å². The fourth-order valence-corrected chi connectivity index (χ4v) is 2.09. The maximum atomic E-state index is 11.4. The standard InChI is InChI=1S/C10H13NO3S/c1-7-2-3-8(14-7)4-13-10(12)9-5-15-6-11-9/h5-8H,2-4H2,1H3/t7-,8+/m0/s1. The Morgan fingerprint density at radius 1 is 1.73 bits per heavy atom. The first-order valence-corrected chi connectivity index (χ1v) is 5.91. The molecule has 0 spiro atoms. The molecule has 15 heavy (non-hydrogen) atoms. The van der Waals surface area contributed by atoms with Gasteiger partial charge in [0.2, 0.25) is 0 Å². The Balaban J connectivity index is 1.76. The van der Waals surface area contributed by atoms with Gasteiger partial charge in [0.05, 0.1) is 17.7 Å². The van der Waals surface area contributed by atoms with Crippen LogP contribution in [0.4, 0.5) is 0 Å². The van der Waals surface area contributed by atoms with E-state index in [2.05, 4.69) is 4.98 Å². The van der Waals surface area contributed by atoms with Crippen LogP contribution < -0.4 is 0 Å². The molecule has 0 N–H and O–H groups in total. The highest BCUT2D eigenvalue weighted by Gasteiger charge is 2.23. The monoisotopic (exact) mass is 227 g/mol. The van der Waals surface area contributed by atoms with Crippen LogP contribution in [0.15, 0.2) is 10.9 Å². The average Bonchev–Trinajstić information content (AvgIpc) is 2.84. The second-order valence-corrected chi connectivity index (χ2v) is 4.34. The molecule has 0 aromatic carbocycles. The van der Waals surface area contributed by atoms with Crippen molar-refractivity contribution < 1.29 is 14.3 Å². The van der Waals surface area contributed by atoms with E-state index in [-0.39, 0.29) is 18.2 Å². The van der Waals surface area contributed by atoms with Gasteiger partial charge in [-0.15, -0.1) is 11.3 Å². The molecule has 4 nitrogen and oxygen atoms in total. The van der Waals surface area contributed by atoms with Crippen LogP contribution in [-0.4, -0.2) is 29.8 Å². The molecule has 0 bridgehead atoms. The largest absolute Gasteiger partial charge is 0.458 e. The summed E-state index contributed by atoms with van der Waals surface area (Å²) in [6, 6.07) is 0. The summed E-state index contributed by atoms with van der Waals surface area (Å²) in [5.41, 5.74) is 2.00. The Morgan fingerprint density at radius 3 is 3.20 bits per heavy atom. The molecule has 0 unspecified atom stereocenters. The number of carbonyl (C=O) groups excluding carboxylic acids is 1. The maximum absolute atomic E-state index is 11.4. The number of esters is 1. The summed E-state index contributed by atoms with van der Waals surface area (Å²) < 4.78 is 10.6. The Kier molecular flexibility index (Phi) is 3.33. The summed E-state index contributed by atoms with van der Waals surface area (Å²) in [6.45, 7) is 2.36. The van der Waals surface area contributed by atoms with Crippen LogP contribution in [0.25, 0.3) is 0 Å². The Morgan fingerprint density at radius 2 is 2.60 bits per heavy atom. The summed E-state index contributed by atoms with van der Waals surface area (Å²) in [5.74, 6) is -0.362. The minimum absolute atomic E-state index is 0.0579. The van der Waals surface area contributed by atoms with Gasteiger partial charge in [-0.25, -0.2) is 9.78 Å². The molecule has 82 valence electrons. The van der Waals surface area contributed by atoms with Gasteiger partial charge in [-0.1, -0.05) is 0 Å². The number of aromatic nitrogens is 1. The summed E-state index contributed by atoms with van der Waals surface area (Å²) in [5, 5.41) is 1.68. The lowest BCUT2D eigenvalue weighted by Crippen LogP contribution is -2.19. The van der Waals surface area contributed by atoms with Gasteiger partial charge in [0.1, 0.15) is 6.61 Å². The molecular formula is C10H13NO3S. The Labute approximate surface area is 92.2 Å². The molecule has 1 aromatic rings. The van der Waals surface area contributed by atoms with Crippen LogP contribution in [0.2, 0.25) is 0 Å². The van der Waals surface area contributed by atoms with Crippen LogP contribution in [0.1, 0.15) is 30.3 Å². The molecule has 1 fully saturated rings. The van der Waals surface area contributed by atoms with E-state index in [1.165, 1.54) is 11.3 Å². The molecule has 2 rings (SSSR count). The highest BCUT2D eigenvalue weighted by Crippen LogP contribution is 2.19. The summed E-state index contributed by atoms with van der Waals surface area (Å²) >= 11 is 1.38. The van der Waals surface area contributed by atoms with Crippen molar-refractivity contribution in [2.75, 3.05) is 6.61 Å². The number of carbonyl (C=O) groups is 1. The van der Waals surface area contributed by atoms with E-state index < -0.39 is 0 Å². The zero-order valence-electron chi connectivity index (χ0n) is 8.51. The zero-order chi connectivity index (χ0) is 10.7. The normalized spacial score (nSPS) is 25.4. The lowest BCUT2D eigenvalue weighted by Gasteiger charge is -2.10. The number of hydrogen-bond acceptors (Lipinski definition) is 5. The average molecular weight is 227 g/mol. The fraction of sp³-hybridized carbons (Fsp3) is 0.600. The van der Waals surface area contributed by atoms with Crippen molar-refractivity contribution in [2.45, 2.75) is 32.0 Å². The number of thiazole rings is 1. The zero-order valence-corrected chi connectivity index (χ0v) is 9.33. The molecule has 1 saturated heterocycles. The second-order valence-electron chi connectivity index (χ2n) is 3.62. The van der Waals surface area contributed by atoms with Gasteiger partial charge in [-0.05, 0) is 19.8 Å². The first-order chi connectivity index (χ1) is 7.25. The second kappa shape index (κ2) is 4.72. The highest BCUT2D eigenvalue weighted by molar-refractivity contribution is 7.07. The highest BCUT2D eigenvalue weighted by atomic mass is 32.1. The van der Waals surface area contributed by atoms with Crippen LogP contribution in [-0.2, 0) is 9.47 Å². The van der Waals surface area contributed by atoms with E-state index in [1.54, 1.807) is 10.9 Å². The lowest BCUT2D eigenvalue weighted by molar-refractivity contribution is -0.00294. The number of hydrogen-bond donors (Lipinski definition) is 0. The van der Waals surface area contributed by atoms with Crippen molar-refractivity contribution in [3.63, 3.8) is 0 Å². The van der Waals surface area contributed by atoms with Gasteiger partial charge >= 0.3 is 5.97 Å². The van der Waals surface area contributed by atoms with Gasteiger partial charge in [-0.3, -0.25) is 0 Å². The molecule has 1 aromatic heterocycles. The molecule has 2 atom stereocenters. The third-order valence-electron chi connectivity index (χ3n) is 2.36. The predicted molar refractivity (Wildman–Crippen MR) is 56.0 cm³/mol. The van der Waals surface area contributed by atoms with Crippen molar-refractivity contribution in [1.82, 2.24) is 4.98 Å². The molecule has 1 aliphatic heterocycles. The Hall–Kier alpha value is -0.940. The third kappa shape index (κ3) is 2.76. The molecular weight excluding hydrogens is 214 g/mol. The number of nitrogens with zero attached hydrogens (tertiary/aromatic N) is 1. The first kappa shape index (κ1) is 10.6. The van der Waals surface area contributed by atoms with Crippen molar-refractivity contribution in [3.05, 3.63) is 16.6 Å². The molecule has 0 amide bonds. The van der Waals surface area contributed by atoms with Crippen LogP contribution in [0, 0.1) is 0 Å². The van der Waals surface area contributed by atoms with E-state index in [9.17, 15) is 4.79 Å². The summed E-state index contributed by atoms with van der Waals surface area (Å²) in [6.07, 6.45) is 2.35. The van der Waals surface area contributed by atoms with E-state index in [4.69, 9.17) is 9.47 Å². The predicted octanol–water partition coefficient (Wildman–Crippen LogP) is 1.87. The first-order valence-electron chi connectivity index (χ1n) is 4.96. The molecule has 5 heteroatoms. The topological polar surface area (TPSA) is 48.4 Å². The van der Waals surface area contributed by atoms with Crippen LogP contribution in [0.5, 0.6) is 0 Å². The third-order valence-corrected chi connectivity index (χ3v) is 2.95. The van der Waals surface area contributed by atoms with Crippen LogP contribution in [0.3, 0.4) is 0 Å². The fourth-order valence-electron chi connectivity index (χ4n) is 1.56. The van der Waals surface area contributed by atoms with Crippen molar-refractivity contribution in [3.8, 4) is 0 Å². The molecule has 1 aliphatic rings. The summed E-state index contributed by atoms with van der Waals surface area (Å²) in [4.78, 5) is 15.3. The Bertz CT molecular complexity index is 325. The minimum Gasteiger partial charge on any atom is -0.458 e. The minimum atomic E-state index is -0.362. The molecule has 0 saturated carbocycles. The van der Waals surface area contributed by atoms with E-state index in [0.29, 0.717) is 12.3 Å². The summed E-state index contributed by atoms with van der Waals surface area (Å²) in [7, 11) is 0. The van der Waals surface area contributed by atoms with Gasteiger partial charge in [0.15, 0.2) is 5.69 Å². The van der Waals surface area contributed by atoms with Gasteiger partial charge < -0.3 is 9.47 Å². The number of rotatable bonds is 3. The lowest BCUT2D eigenvalue weighted by atomic mass is 10.2. The van der Waals surface area contributed by atoms with Crippen molar-refractivity contribution in [1.29, 1.82) is 0 Å². The maximum Gasteiger partial charge on any atom is 0.357 e. The molecule has 2 heterocycles. The van der Waals surface area contributed by atoms with Crippen molar-refractivity contribution in [2.24, 2.45) is 0 Å². The molecule has 0 radical (unpaired) electrons. The number of ether oxygens (including phenoxy) is 2. The quantitative estimate of drug-likeness (QED) is 0.740.